The predicted molar refractivity (Wildman–Crippen MR) is 53.7 cm³/mol. The molecule has 12 heavy (non-hydrogen) atoms. The van der Waals surface area contributed by atoms with Crippen molar-refractivity contribution in [1.29, 1.82) is 0 Å². The summed E-state index contributed by atoms with van der Waals surface area (Å²) in [4.78, 5) is 2.36. The molecular weight excluding hydrogens is 170 g/mol. The summed E-state index contributed by atoms with van der Waals surface area (Å²) in [7, 11) is -0.538. The molecule has 3 heteroatoms. The lowest BCUT2D eigenvalue weighted by atomic mass is 10.3. The maximum Gasteiger partial charge on any atom is 0.0363 e. The summed E-state index contributed by atoms with van der Waals surface area (Å²) in [5, 5.41) is 0. The lowest BCUT2D eigenvalue weighted by Crippen LogP contribution is -2.37. The summed E-state index contributed by atoms with van der Waals surface area (Å²) in [5.41, 5.74) is 1.36. The van der Waals surface area contributed by atoms with Crippen LogP contribution in [0, 0.1) is 0 Å². The van der Waals surface area contributed by atoms with Crippen LogP contribution in [0.3, 0.4) is 0 Å². The van der Waals surface area contributed by atoms with Crippen molar-refractivity contribution in [2.24, 2.45) is 0 Å². The smallest absolute Gasteiger partial charge is 0.0363 e. The second-order valence-corrected chi connectivity index (χ2v) is 5.13. The van der Waals surface area contributed by atoms with Crippen LogP contribution in [-0.2, 0) is 10.8 Å². The minimum atomic E-state index is -0.538. The lowest BCUT2D eigenvalue weighted by Gasteiger charge is -2.24. The fraction of sp³-hybridized carbons (Fsp3) is 0.778. The molecule has 0 spiro atoms. The Labute approximate surface area is 77.1 Å². The van der Waals surface area contributed by atoms with Crippen molar-refractivity contribution >= 4 is 10.8 Å². The number of hydrogen-bond donors (Lipinski definition) is 0. The third kappa shape index (κ3) is 3.50. The van der Waals surface area contributed by atoms with Crippen LogP contribution in [0.5, 0.6) is 0 Å². The molecule has 70 valence electrons. The van der Waals surface area contributed by atoms with Gasteiger partial charge < -0.3 is 0 Å². The zero-order valence-electron chi connectivity index (χ0n) is 7.88. The Morgan fingerprint density at radius 3 is 2.50 bits per heavy atom. The van der Waals surface area contributed by atoms with Crippen molar-refractivity contribution < 1.29 is 4.21 Å². The molecule has 1 saturated heterocycles. The van der Waals surface area contributed by atoms with Gasteiger partial charge in [0, 0.05) is 41.9 Å². The highest BCUT2D eigenvalue weighted by atomic mass is 32.2. The van der Waals surface area contributed by atoms with Gasteiger partial charge in [-0.2, -0.15) is 0 Å². The average molecular weight is 187 g/mol. The monoisotopic (exact) mass is 187 g/mol. The second kappa shape index (κ2) is 4.77. The zero-order chi connectivity index (χ0) is 8.97. The number of allylic oxidation sites excluding steroid dienone is 1. The van der Waals surface area contributed by atoms with E-state index in [9.17, 15) is 4.21 Å². The maximum atomic E-state index is 11.0. The van der Waals surface area contributed by atoms with Gasteiger partial charge in [-0.25, -0.2) is 0 Å². The molecule has 2 nitrogen and oxygen atoms in total. The van der Waals surface area contributed by atoms with Gasteiger partial charge in [0.2, 0.25) is 0 Å². The number of hydrogen-bond acceptors (Lipinski definition) is 2. The van der Waals surface area contributed by atoms with E-state index in [4.69, 9.17) is 0 Å². The van der Waals surface area contributed by atoms with Crippen molar-refractivity contribution in [2.45, 2.75) is 13.8 Å². The summed E-state index contributed by atoms with van der Waals surface area (Å²) in [5.74, 6) is 1.72. The van der Waals surface area contributed by atoms with Gasteiger partial charge in [-0.1, -0.05) is 11.6 Å². The Kier molecular flexibility index (Phi) is 3.95. The molecule has 0 saturated carbocycles. The molecule has 1 fully saturated rings. The van der Waals surface area contributed by atoms with E-state index in [-0.39, 0.29) is 0 Å². The molecule has 0 aromatic heterocycles. The van der Waals surface area contributed by atoms with E-state index >= 15 is 0 Å². The molecule has 0 atom stereocenters. The Morgan fingerprint density at radius 2 is 2.00 bits per heavy atom. The van der Waals surface area contributed by atoms with E-state index in [0.29, 0.717) is 0 Å². The van der Waals surface area contributed by atoms with E-state index in [2.05, 4.69) is 24.8 Å². The number of rotatable bonds is 2. The van der Waals surface area contributed by atoms with Crippen LogP contribution in [0.1, 0.15) is 13.8 Å². The summed E-state index contributed by atoms with van der Waals surface area (Å²) >= 11 is 0. The summed E-state index contributed by atoms with van der Waals surface area (Å²) in [6.45, 7) is 7.25. The first-order valence-electron chi connectivity index (χ1n) is 4.39. The quantitative estimate of drug-likeness (QED) is 0.602. The van der Waals surface area contributed by atoms with Gasteiger partial charge in [0.1, 0.15) is 0 Å². The molecule has 1 aliphatic rings. The summed E-state index contributed by atoms with van der Waals surface area (Å²) in [6, 6.07) is 0. The first kappa shape index (κ1) is 9.93. The van der Waals surface area contributed by atoms with E-state index in [0.717, 1.165) is 31.1 Å². The Bertz CT molecular complexity index is 187. The van der Waals surface area contributed by atoms with E-state index in [1.165, 1.54) is 5.57 Å². The van der Waals surface area contributed by atoms with E-state index in [1.807, 2.05) is 0 Å². The lowest BCUT2D eigenvalue weighted by molar-refractivity contribution is 0.331. The molecule has 0 amide bonds. The third-order valence-corrected chi connectivity index (χ3v) is 3.30. The Hall–Kier alpha value is -0.150. The summed E-state index contributed by atoms with van der Waals surface area (Å²) in [6.07, 6.45) is 2.23. The summed E-state index contributed by atoms with van der Waals surface area (Å²) < 4.78 is 11.0. The van der Waals surface area contributed by atoms with Crippen LogP contribution >= 0.6 is 0 Å². The topological polar surface area (TPSA) is 20.3 Å². The average Bonchev–Trinajstić information content (AvgIpc) is 2.03. The van der Waals surface area contributed by atoms with Crippen LogP contribution in [0.15, 0.2) is 11.6 Å². The molecule has 1 heterocycles. The molecule has 0 aromatic rings. The molecule has 0 N–H and O–H groups in total. The van der Waals surface area contributed by atoms with Gasteiger partial charge in [0.15, 0.2) is 0 Å². The largest absolute Gasteiger partial charge is 0.298 e. The predicted octanol–water partition coefficient (Wildman–Crippen LogP) is 1.02. The van der Waals surface area contributed by atoms with Crippen molar-refractivity contribution in [1.82, 2.24) is 4.90 Å². The number of nitrogens with zero attached hydrogens (tertiary/aromatic N) is 1. The van der Waals surface area contributed by atoms with E-state index in [1.54, 1.807) is 0 Å². The van der Waals surface area contributed by atoms with Crippen molar-refractivity contribution in [3.8, 4) is 0 Å². The second-order valence-electron chi connectivity index (χ2n) is 3.43. The zero-order valence-corrected chi connectivity index (χ0v) is 8.69. The normalized spacial score (nSPS) is 20.8. The molecule has 0 radical (unpaired) electrons. The first-order chi connectivity index (χ1) is 5.68. The van der Waals surface area contributed by atoms with Crippen molar-refractivity contribution in [3.05, 3.63) is 11.6 Å². The SMILES string of the molecule is CC(C)=CCN1CCS(=O)CC1. The molecule has 0 unspecified atom stereocenters. The minimum Gasteiger partial charge on any atom is -0.298 e. The highest BCUT2D eigenvalue weighted by Gasteiger charge is 2.12. The van der Waals surface area contributed by atoms with Gasteiger partial charge in [0.05, 0.1) is 0 Å². The molecule has 1 rings (SSSR count). The van der Waals surface area contributed by atoms with Crippen LogP contribution in [-0.4, -0.2) is 40.2 Å². The van der Waals surface area contributed by atoms with E-state index < -0.39 is 10.8 Å². The first-order valence-corrected chi connectivity index (χ1v) is 5.88. The molecule has 1 aliphatic heterocycles. The van der Waals surface area contributed by atoms with Crippen LogP contribution in [0.4, 0.5) is 0 Å². The molecular formula is C9H17NOS. The molecule has 0 aromatic carbocycles. The maximum absolute atomic E-state index is 11.0. The van der Waals surface area contributed by atoms with Crippen LogP contribution < -0.4 is 0 Å². The van der Waals surface area contributed by atoms with Gasteiger partial charge in [-0.15, -0.1) is 0 Å². The molecule has 0 bridgehead atoms. The van der Waals surface area contributed by atoms with Crippen LogP contribution in [0.2, 0.25) is 0 Å². The van der Waals surface area contributed by atoms with Crippen LogP contribution in [0.25, 0.3) is 0 Å². The van der Waals surface area contributed by atoms with Gasteiger partial charge in [0.25, 0.3) is 0 Å². The van der Waals surface area contributed by atoms with Gasteiger partial charge in [-0.05, 0) is 13.8 Å². The van der Waals surface area contributed by atoms with Gasteiger partial charge in [-0.3, -0.25) is 9.11 Å². The highest BCUT2D eigenvalue weighted by Crippen LogP contribution is 2.00. The fourth-order valence-corrected chi connectivity index (χ4v) is 2.30. The third-order valence-electron chi connectivity index (χ3n) is 2.03. The Morgan fingerprint density at radius 1 is 1.42 bits per heavy atom. The fourth-order valence-electron chi connectivity index (χ4n) is 1.17. The Balaban J connectivity index is 2.26. The standard InChI is InChI=1S/C9H17NOS/c1-9(2)3-4-10-5-7-12(11)8-6-10/h3H,4-8H2,1-2H3. The van der Waals surface area contributed by atoms with Crippen molar-refractivity contribution in [2.75, 3.05) is 31.1 Å². The van der Waals surface area contributed by atoms with Gasteiger partial charge >= 0.3 is 0 Å². The van der Waals surface area contributed by atoms with Crippen molar-refractivity contribution in [3.63, 3.8) is 0 Å². The molecule has 0 aliphatic carbocycles. The highest BCUT2D eigenvalue weighted by molar-refractivity contribution is 7.85. The minimum absolute atomic E-state index is 0.538.